The number of sulfonamides is 1. The van der Waals surface area contributed by atoms with Crippen LogP contribution in [0.5, 0.6) is 0 Å². The summed E-state index contributed by atoms with van der Waals surface area (Å²) in [6.07, 6.45) is 0.351. The second-order valence-corrected chi connectivity index (χ2v) is 7.05. The third-order valence-electron chi connectivity index (χ3n) is 3.67. The number of nitrogens with zero attached hydrogens (tertiary/aromatic N) is 1. The van der Waals surface area contributed by atoms with Crippen LogP contribution >= 0.6 is 0 Å². The second-order valence-electron chi connectivity index (χ2n) is 5.34. The lowest BCUT2D eigenvalue weighted by Crippen LogP contribution is -2.36. The SMILES string of the molecule is CN1CC(NS(=O)(=O)c2ccc3c(c2)CC(=O)N3)CC1=O. The van der Waals surface area contributed by atoms with Crippen molar-refractivity contribution in [2.24, 2.45) is 0 Å². The van der Waals surface area contributed by atoms with Gasteiger partial charge >= 0.3 is 0 Å². The average molecular weight is 309 g/mol. The van der Waals surface area contributed by atoms with Crippen molar-refractivity contribution in [2.45, 2.75) is 23.8 Å². The number of hydrogen-bond acceptors (Lipinski definition) is 4. The summed E-state index contributed by atoms with van der Waals surface area (Å²) in [4.78, 5) is 24.3. The number of likely N-dealkylation sites (tertiary alicyclic amines) is 1. The normalized spacial score (nSPS) is 21.6. The van der Waals surface area contributed by atoms with Crippen LogP contribution in [0.3, 0.4) is 0 Å². The lowest BCUT2D eigenvalue weighted by Gasteiger charge is -2.13. The van der Waals surface area contributed by atoms with Crippen molar-refractivity contribution in [1.82, 2.24) is 9.62 Å². The van der Waals surface area contributed by atoms with E-state index in [0.29, 0.717) is 17.8 Å². The Labute approximate surface area is 122 Å². The molecule has 0 aromatic heterocycles. The van der Waals surface area contributed by atoms with Gasteiger partial charge in [-0.05, 0) is 23.8 Å². The van der Waals surface area contributed by atoms with Gasteiger partial charge in [0.15, 0.2) is 0 Å². The quantitative estimate of drug-likeness (QED) is 0.800. The van der Waals surface area contributed by atoms with E-state index in [2.05, 4.69) is 10.0 Å². The summed E-state index contributed by atoms with van der Waals surface area (Å²) in [7, 11) is -2.06. The Kier molecular flexibility index (Phi) is 3.22. The van der Waals surface area contributed by atoms with E-state index in [4.69, 9.17) is 0 Å². The highest BCUT2D eigenvalue weighted by atomic mass is 32.2. The van der Waals surface area contributed by atoms with Crippen LogP contribution in [0.1, 0.15) is 12.0 Å². The van der Waals surface area contributed by atoms with Crippen molar-refractivity contribution >= 4 is 27.5 Å². The standard InChI is InChI=1S/C13H15N3O4S/c1-16-7-9(6-13(16)18)15-21(19,20)10-2-3-11-8(4-10)5-12(17)14-11/h2-4,9,15H,5-7H2,1H3,(H,14,17). The predicted octanol–water partition coefficient (Wildman–Crippen LogP) is -0.310. The molecule has 0 spiro atoms. The first kappa shape index (κ1) is 14.0. The van der Waals surface area contributed by atoms with Crippen molar-refractivity contribution in [1.29, 1.82) is 0 Å². The number of likely N-dealkylation sites (N-methyl/N-ethyl adjacent to an activating group) is 1. The molecule has 112 valence electrons. The van der Waals surface area contributed by atoms with Crippen molar-refractivity contribution in [2.75, 3.05) is 18.9 Å². The Bertz CT molecular complexity index is 729. The largest absolute Gasteiger partial charge is 0.344 e. The number of fused-ring (bicyclic) bond motifs is 1. The lowest BCUT2D eigenvalue weighted by molar-refractivity contribution is -0.126. The fourth-order valence-corrected chi connectivity index (χ4v) is 3.88. The summed E-state index contributed by atoms with van der Waals surface area (Å²) in [5.41, 5.74) is 1.32. The average Bonchev–Trinajstić information content (AvgIpc) is 2.90. The maximum Gasteiger partial charge on any atom is 0.240 e. The molecule has 21 heavy (non-hydrogen) atoms. The van der Waals surface area contributed by atoms with Crippen LogP contribution in [-0.2, 0) is 26.0 Å². The van der Waals surface area contributed by atoms with Gasteiger partial charge in [0, 0.05) is 31.7 Å². The number of nitrogens with one attached hydrogen (secondary N) is 2. The first-order valence-corrected chi connectivity index (χ1v) is 8.02. The molecule has 0 radical (unpaired) electrons. The number of hydrogen-bond donors (Lipinski definition) is 2. The Hall–Kier alpha value is -1.93. The molecule has 1 unspecified atom stereocenters. The lowest BCUT2D eigenvalue weighted by atomic mass is 10.2. The fourth-order valence-electron chi connectivity index (χ4n) is 2.60. The van der Waals surface area contributed by atoms with Crippen molar-refractivity contribution in [3.63, 3.8) is 0 Å². The summed E-state index contributed by atoms with van der Waals surface area (Å²) in [6.45, 7) is 0.364. The van der Waals surface area contributed by atoms with Crippen molar-refractivity contribution < 1.29 is 18.0 Å². The van der Waals surface area contributed by atoms with E-state index in [9.17, 15) is 18.0 Å². The molecule has 2 aliphatic rings. The number of benzene rings is 1. The maximum absolute atomic E-state index is 12.3. The van der Waals surface area contributed by atoms with Crippen LogP contribution < -0.4 is 10.0 Å². The zero-order valence-electron chi connectivity index (χ0n) is 11.4. The number of carbonyl (C=O) groups is 2. The summed E-state index contributed by atoms with van der Waals surface area (Å²) in [6, 6.07) is 4.12. The third kappa shape index (κ3) is 2.64. The molecule has 1 aromatic carbocycles. The molecule has 0 aliphatic carbocycles. The first-order valence-electron chi connectivity index (χ1n) is 6.54. The molecule has 1 aromatic rings. The van der Waals surface area contributed by atoms with Crippen molar-refractivity contribution in [3.05, 3.63) is 23.8 Å². The van der Waals surface area contributed by atoms with Crippen LogP contribution in [0.25, 0.3) is 0 Å². The van der Waals surface area contributed by atoms with E-state index in [0.717, 1.165) is 0 Å². The molecule has 1 saturated heterocycles. The Morgan fingerprint density at radius 2 is 2.10 bits per heavy atom. The number of anilines is 1. The molecule has 2 heterocycles. The zero-order valence-corrected chi connectivity index (χ0v) is 12.2. The molecule has 0 bridgehead atoms. The molecule has 1 atom stereocenters. The second kappa shape index (κ2) is 4.81. The zero-order chi connectivity index (χ0) is 15.2. The third-order valence-corrected chi connectivity index (χ3v) is 5.19. The van der Waals surface area contributed by atoms with Gasteiger partial charge in [-0.15, -0.1) is 0 Å². The van der Waals surface area contributed by atoms with E-state index in [1.54, 1.807) is 13.1 Å². The topological polar surface area (TPSA) is 95.6 Å². The van der Waals surface area contributed by atoms with Crippen molar-refractivity contribution in [3.8, 4) is 0 Å². The molecular formula is C13H15N3O4S. The molecular weight excluding hydrogens is 294 g/mol. The molecule has 2 aliphatic heterocycles. The molecule has 0 saturated carbocycles. The number of carbonyl (C=O) groups excluding carboxylic acids is 2. The highest BCUT2D eigenvalue weighted by Crippen LogP contribution is 2.26. The Morgan fingerprint density at radius 1 is 1.33 bits per heavy atom. The minimum absolute atomic E-state index is 0.0774. The maximum atomic E-state index is 12.3. The van der Waals surface area contributed by atoms with Gasteiger partial charge in [0.1, 0.15) is 0 Å². The van der Waals surface area contributed by atoms with Gasteiger partial charge in [0.2, 0.25) is 21.8 Å². The Morgan fingerprint density at radius 3 is 2.76 bits per heavy atom. The van der Waals surface area contributed by atoms with Crippen LogP contribution in [0, 0.1) is 0 Å². The van der Waals surface area contributed by atoms with Crippen LogP contribution in [0.4, 0.5) is 5.69 Å². The van der Waals surface area contributed by atoms with Crippen LogP contribution in [-0.4, -0.2) is 44.8 Å². The first-order chi connectivity index (χ1) is 9.85. The van der Waals surface area contributed by atoms with Gasteiger partial charge in [-0.3, -0.25) is 9.59 Å². The van der Waals surface area contributed by atoms with E-state index >= 15 is 0 Å². The van der Waals surface area contributed by atoms with Crippen LogP contribution in [0.15, 0.2) is 23.1 Å². The van der Waals surface area contributed by atoms with Gasteiger partial charge in [-0.1, -0.05) is 0 Å². The highest BCUT2D eigenvalue weighted by Gasteiger charge is 2.31. The molecule has 1 fully saturated rings. The van der Waals surface area contributed by atoms with E-state index in [1.807, 2.05) is 0 Å². The van der Waals surface area contributed by atoms with E-state index < -0.39 is 16.1 Å². The number of rotatable bonds is 3. The smallest absolute Gasteiger partial charge is 0.240 e. The summed E-state index contributed by atoms with van der Waals surface area (Å²) in [5, 5.41) is 2.66. The molecule has 7 nitrogen and oxygen atoms in total. The molecule has 2 N–H and O–H groups in total. The van der Waals surface area contributed by atoms with Crippen LogP contribution in [0.2, 0.25) is 0 Å². The Balaban J connectivity index is 1.81. The fraction of sp³-hybridized carbons (Fsp3) is 0.385. The summed E-state index contributed by atoms with van der Waals surface area (Å²) in [5.74, 6) is -0.220. The van der Waals surface area contributed by atoms with Gasteiger partial charge < -0.3 is 10.2 Å². The monoisotopic (exact) mass is 309 g/mol. The minimum atomic E-state index is -3.70. The molecule has 3 rings (SSSR count). The number of amides is 2. The van der Waals surface area contributed by atoms with E-state index in [-0.39, 0.29) is 29.6 Å². The van der Waals surface area contributed by atoms with Gasteiger partial charge in [0.25, 0.3) is 0 Å². The highest BCUT2D eigenvalue weighted by molar-refractivity contribution is 7.89. The van der Waals surface area contributed by atoms with Gasteiger partial charge in [-0.2, -0.15) is 0 Å². The van der Waals surface area contributed by atoms with Gasteiger partial charge in [-0.25, -0.2) is 13.1 Å². The van der Waals surface area contributed by atoms with Gasteiger partial charge in [0.05, 0.1) is 11.3 Å². The molecule has 8 heteroatoms. The minimum Gasteiger partial charge on any atom is -0.344 e. The summed E-state index contributed by atoms with van der Waals surface area (Å²) < 4.78 is 27.2. The van der Waals surface area contributed by atoms with E-state index in [1.165, 1.54) is 17.0 Å². The predicted molar refractivity (Wildman–Crippen MR) is 75.1 cm³/mol. The summed E-state index contributed by atoms with van der Waals surface area (Å²) >= 11 is 0. The molecule has 2 amide bonds.